The van der Waals surface area contributed by atoms with Crippen molar-refractivity contribution in [3.8, 4) is 5.69 Å². The lowest BCUT2D eigenvalue weighted by Gasteiger charge is -2.13. The minimum Gasteiger partial charge on any atom is -0.478 e. The summed E-state index contributed by atoms with van der Waals surface area (Å²) >= 11 is 0. The van der Waals surface area contributed by atoms with E-state index in [1.54, 1.807) is 30.6 Å². The van der Waals surface area contributed by atoms with Crippen molar-refractivity contribution >= 4 is 5.97 Å². The van der Waals surface area contributed by atoms with Crippen molar-refractivity contribution in [2.75, 3.05) is 14.1 Å². The number of hydrogen-bond donors (Lipinski definition) is 1. The van der Waals surface area contributed by atoms with Gasteiger partial charge in [0, 0.05) is 12.4 Å². The Hall–Kier alpha value is -2.14. The van der Waals surface area contributed by atoms with Crippen LogP contribution in [0.3, 0.4) is 0 Å². The van der Waals surface area contributed by atoms with Crippen LogP contribution in [-0.4, -0.2) is 39.6 Å². The van der Waals surface area contributed by atoms with E-state index in [9.17, 15) is 9.90 Å². The van der Waals surface area contributed by atoms with Gasteiger partial charge in [0.25, 0.3) is 0 Å². The van der Waals surface area contributed by atoms with Gasteiger partial charge in [0.2, 0.25) is 0 Å². The molecule has 0 aliphatic rings. The van der Waals surface area contributed by atoms with Crippen LogP contribution < -0.4 is 0 Å². The van der Waals surface area contributed by atoms with E-state index in [1.807, 2.05) is 29.6 Å². The summed E-state index contributed by atoms with van der Waals surface area (Å²) in [6, 6.07) is 6.91. The van der Waals surface area contributed by atoms with Crippen molar-refractivity contribution in [3.05, 3.63) is 48.0 Å². The van der Waals surface area contributed by atoms with E-state index in [2.05, 4.69) is 4.98 Å². The molecular weight excluding hydrogens is 230 g/mol. The Morgan fingerprint density at radius 2 is 2.11 bits per heavy atom. The van der Waals surface area contributed by atoms with Crippen LogP contribution in [0.1, 0.15) is 16.2 Å². The maximum Gasteiger partial charge on any atom is 0.337 e. The molecule has 1 aromatic carbocycles. The first-order chi connectivity index (χ1) is 8.59. The molecule has 18 heavy (non-hydrogen) atoms. The van der Waals surface area contributed by atoms with Crippen molar-refractivity contribution in [2.45, 2.75) is 6.54 Å². The summed E-state index contributed by atoms with van der Waals surface area (Å²) in [6.45, 7) is 0.654. The lowest BCUT2D eigenvalue weighted by atomic mass is 10.2. The zero-order chi connectivity index (χ0) is 13.1. The third-order valence-corrected chi connectivity index (χ3v) is 2.57. The number of imidazole rings is 1. The van der Waals surface area contributed by atoms with Crippen LogP contribution in [0.5, 0.6) is 0 Å². The third-order valence-electron chi connectivity index (χ3n) is 2.57. The second-order valence-electron chi connectivity index (χ2n) is 4.27. The Bertz CT molecular complexity index is 561. The Morgan fingerprint density at radius 1 is 1.39 bits per heavy atom. The molecule has 94 valence electrons. The highest BCUT2D eigenvalue weighted by molar-refractivity contribution is 5.91. The second kappa shape index (κ2) is 5.01. The third kappa shape index (κ3) is 2.41. The minimum absolute atomic E-state index is 0.274. The number of aromatic carboxylic acids is 1. The average Bonchev–Trinajstić information content (AvgIpc) is 2.76. The van der Waals surface area contributed by atoms with Gasteiger partial charge >= 0.3 is 5.97 Å². The summed E-state index contributed by atoms with van der Waals surface area (Å²) in [4.78, 5) is 17.5. The predicted octanol–water partition coefficient (Wildman–Crippen LogP) is 1.63. The van der Waals surface area contributed by atoms with Crippen molar-refractivity contribution in [3.63, 3.8) is 0 Å². The highest BCUT2D eigenvalue weighted by atomic mass is 16.4. The molecule has 1 N–H and O–H groups in total. The van der Waals surface area contributed by atoms with Gasteiger partial charge in [-0.25, -0.2) is 9.78 Å². The van der Waals surface area contributed by atoms with Crippen LogP contribution in [0.4, 0.5) is 0 Å². The smallest absolute Gasteiger partial charge is 0.337 e. The maximum absolute atomic E-state index is 11.2. The number of rotatable bonds is 4. The fourth-order valence-corrected chi connectivity index (χ4v) is 1.82. The number of carbonyl (C=O) groups is 1. The topological polar surface area (TPSA) is 58.4 Å². The number of hydrogen-bond acceptors (Lipinski definition) is 3. The number of aromatic nitrogens is 2. The lowest BCUT2D eigenvalue weighted by molar-refractivity contribution is 0.0697. The van der Waals surface area contributed by atoms with E-state index in [0.29, 0.717) is 12.2 Å². The number of carboxylic acid groups (broad SMARTS) is 1. The molecule has 0 aliphatic heterocycles. The molecule has 1 heterocycles. The second-order valence-corrected chi connectivity index (χ2v) is 4.27. The molecule has 0 fully saturated rings. The van der Waals surface area contributed by atoms with Gasteiger partial charge in [-0.15, -0.1) is 0 Å². The standard InChI is InChI=1S/C13H15N3O2/c1-15(2)9-12-14-7-8-16(12)11-6-4-3-5-10(11)13(17)18/h3-8H,9H2,1-2H3,(H,17,18). The number of nitrogens with zero attached hydrogens (tertiary/aromatic N) is 3. The SMILES string of the molecule is CN(C)Cc1nccn1-c1ccccc1C(=O)O. The summed E-state index contributed by atoms with van der Waals surface area (Å²) in [5, 5.41) is 9.19. The lowest BCUT2D eigenvalue weighted by Crippen LogP contribution is -2.16. The van der Waals surface area contributed by atoms with Crippen LogP contribution in [-0.2, 0) is 6.54 Å². The molecule has 0 saturated heterocycles. The first-order valence-electron chi connectivity index (χ1n) is 5.59. The van der Waals surface area contributed by atoms with Crippen molar-refractivity contribution in [1.29, 1.82) is 0 Å². The van der Waals surface area contributed by atoms with Gasteiger partial charge < -0.3 is 14.6 Å². The molecule has 0 spiro atoms. The van der Waals surface area contributed by atoms with E-state index < -0.39 is 5.97 Å². The number of para-hydroxylation sites is 1. The highest BCUT2D eigenvalue weighted by Gasteiger charge is 2.13. The fourth-order valence-electron chi connectivity index (χ4n) is 1.82. The van der Waals surface area contributed by atoms with E-state index in [0.717, 1.165) is 5.82 Å². The van der Waals surface area contributed by atoms with Crippen molar-refractivity contribution in [2.24, 2.45) is 0 Å². The molecule has 5 nitrogen and oxygen atoms in total. The number of benzene rings is 1. The van der Waals surface area contributed by atoms with Crippen molar-refractivity contribution < 1.29 is 9.90 Å². The molecule has 1 aromatic heterocycles. The van der Waals surface area contributed by atoms with Crippen LogP contribution in [0.15, 0.2) is 36.7 Å². The van der Waals surface area contributed by atoms with Gasteiger partial charge in [-0.1, -0.05) is 12.1 Å². The van der Waals surface area contributed by atoms with E-state index in [4.69, 9.17) is 0 Å². The van der Waals surface area contributed by atoms with Gasteiger partial charge in [0.15, 0.2) is 0 Å². The van der Waals surface area contributed by atoms with E-state index in [1.165, 1.54) is 0 Å². The van der Waals surface area contributed by atoms with Crippen molar-refractivity contribution in [1.82, 2.24) is 14.5 Å². The summed E-state index contributed by atoms with van der Waals surface area (Å²) in [5.41, 5.74) is 0.912. The zero-order valence-corrected chi connectivity index (χ0v) is 10.4. The first kappa shape index (κ1) is 12.3. The molecule has 0 radical (unpaired) electrons. The van der Waals surface area contributed by atoms with Gasteiger partial charge in [0.05, 0.1) is 17.8 Å². The zero-order valence-electron chi connectivity index (χ0n) is 10.4. The Morgan fingerprint density at radius 3 is 2.78 bits per heavy atom. The molecule has 2 aromatic rings. The predicted molar refractivity (Wildman–Crippen MR) is 67.9 cm³/mol. The summed E-state index contributed by atoms with van der Waals surface area (Å²) < 4.78 is 1.81. The van der Waals surface area contributed by atoms with Gasteiger partial charge in [0.1, 0.15) is 5.82 Å². The summed E-state index contributed by atoms with van der Waals surface area (Å²) in [5.74, 6) is -0.121. The molecule has 0 bridgehead atoms. The molecule has 2 rings (SSSR count). The monoisotopic (exact) mass is 245 g/mol. The van der Waals surface area contributed by atoms with Crippen LogP contribution in [0, 0.1) is 0 Å². The van der Waals surface area contributed by atoms with E-state index >= 15 is 0 Å². The Balaban J connectivity index is 2.49. The van der Waals surface area contributed by atoms with E-state index in [-0.39, 0.29) is 5.56 Å². The molecular formula is C13H15N3O2. The highest BCUT2D eigenvalue weighted by Crippen LogP contribution is 2.17. The molecule has 0 amide bonds. The minimum atomic E-state index is -0.935. The van der Waals surface area contributed by atoms with Gasteiger partial charge in [-0.05, 0) is 26.2 Å². The number of carboxylic acids is 1. The van der Waals surface area contributed by atoms with Crippen LogP contribution >= 0.6 is 0 Å². The normalized spacial score (nSPS) is 10.8. The van der Waals surface area contributed by atoms with Gasteiger partial charge in [-0.3, -0.25) is 0 Å². The summed E-state index contributed by atoms with van der Waals surface area (Å²) in [7, 11) is 3.89. The fraction of sp³-hybridized carbons (Fsp3) is 0.231. The maximum atomic E-state index is 11.2. The molecule has 0 saturated carbocycles. The first-order valence-corrected chi connectivity index (χ1v) is 5.59. The Labute approximate surface area is 105 Å². The molecule has 0 atom stereocenters. The quantitative estimate of drug-likeness (QED) is 0.889. The molecule has 5 heteroatoms. The average molecular weight is 245 g/mol. The Kier molecular flexibility index (Phi) is 3.43. The largest absolute Gasteiger partial charge is 0.478 e. The van der Waals surface area contributed by atoms with Crippen LogP contribution in [0.2, 0.25) is 0 Å². The van der Waals surface area contributed by atoms with Crippen LogP contribution in [0.25, 0.3) is 5.69 Å². The van der Waals surface area contributed by atoms with Gasteiger partial charge in [-0.2, -0.15) is 0 Å². The molecule has 0 aliphatic carbocycles. The summed E-state index contributed by atoms with van der Waals surface area (Å²) in [6.07, 6.45) is 3.46. The molecule has 0 unspecified atom stereocenters.